The molecule has 1 aliphatic heterocycles. The highest BCUT2D eigenvalue weighted by molar-refractivity contribution is 5.88. The number of benzene rings is 1. The average Bonchev–Trinajstić information content (AvgIpc) is 2.32. The number of carboxylic acids is 1. The molecule has 88 valence electrons. The van der Waals surface area contributed by atoms with E-state index in [1.807, 2.05) is 19.1 Å². The van der Waals surface area contributed by atoms with Gasteiger partial charge in [-0.25, -0.2) is 4.79 Å². The van der Waals surface area contributed by atoms with Gasteiger partial charge in [0.2, 0.25) is 0 Å². The normalized spacial score (nSPS) is 19.1. The fourth-order valence-electron chi connectivity index (χ4n) is 1.85. The molecule has 0 spiro atoms. The van der Waals surface area contributed by atoms with Gasteiger partial charge in [0.05, 0.1) is 5.56 Å². The fraction of sp³-hybridized carbons (Fsp3) is 0.214. The van der Waals surface area contributed by atoms with E-state index < -0.39 is 5.97 Å². The maximum Gasteiger partial charge on any atom is 0.335 e. The molecule has 1 N–H and O–H groups in total. The van der Waals surface area contributed by atoms with Crippen molar-refractivity contribution in [2.75, 3.05) is 4.90 Å². The SMILES string of the molecule is CC1=CN(c2ccc(C(=O)O)cc2)C(C)C=C1. The molecule has 0 saturated heterocycles. The van der Waals surface area contributed by atoms with Crippen LogP contribution in [0.1, 0.15) is 24.2 Å². The van der Waals surface area contributed by atoms with E-state index in [1.165, 1.54) is 5.57 Å². The minimum Gasteiger partial charge on any atom is -0.478 e. The van der Waals surface area contributed by atoms with Crippen LogP contribution in [0, 0.1) is 0 Å². The third-order valence-electron chi connectivity index (χ3n) is 2.83. The lowest BCUT2D eigenvalue weighted by molar-refractivity contribution is 0.0697. The first kappa shape index (κ1) is 11.5. The van der Waals surface area contributed by atoms with Crippen LogP contribution in [0.5, 0.6) is 0 Å². The first-order valence-electron chi connectivity index (χ1n) is 5.56. The van der Waals surface area contributed by atoms with Gasteiger partial charge >= 0.3 is 5.97 Å². The van der Waals surface area contributed by atoms with Crippen molar-refractivity contribution in [2.24, 2.45) is 0 Å². The van der Waals surface area contributed by atoms with E-state index in [2.05, 4.69) is 30.2 Å². The smallest absolute Gasteiger partial charge is 0.335 e. The zero-order valence-electron chi connectivity index (χ0n) is 9.92. The number of aromatic carboxylic acids is 1. The van der Waals surface area contributed by atoms with Crippen LogP contribution < -0.4 is 4.90 Å². The van der Waals surface area contributed by atoms with Crippen molar-refractivity contribution in [3.8, 4) is 0 Å². The lowest BCUT2D eigenvalue weighted by Gasteiger charge is -2.29. The number of carboxylic acid groups (broad SMARTS) is 1. The molecular formula is C14H15NO2. The van der Waals surface area contributed by atoms with Crippen LogP contribution >= 0.6 is 0 Å². The molecule has 1 heterocycles. The van der Waals surface area contributed by atoms with Gasteiger partial charge < -0.3 is 10.0 Å². The molecule has 3 nitrogen and oxygen atoms in total. The van der Waals surface area contributed by atoms with E-state index >= 15 is 0 Å². The predicted molar refractivity (Wildman–Crippen MR) is 68.2 cm³/mol. The molecule has 0 aliphatic carbocycles. The summed E-state index contributed by atoms with van der Waals surface area (Å²) in [6.07, 6.45) is 6.29. The highest BCUT2D eigenvalue weighted by Gasteiger charge is 2.13. The summed E-state index contributed by atoms with van der Waals surface area (Å²) in [6.45, 7) is 4.14. The molecule has 1 aliphatic rings. The van der Waals surface area contributed by atoms with E-state index in [9.17, 15) is 4.79 Å². The molecule has 1 atom stereocenters. The quantitative estimate of drug-likeness (QED) is 0.847. The Morgan fingerprint density at radius 2 is 1.94 bits per heavy atom. The highest BCUT2D eigenvalue weighted by atomic mass is 16.4. The van der Waals surface area contributed by atoms with Gasteiger partial charge in [-0.1, -0.05) is 12.2 Å². The van der Waals surface area contributed by atoms with E-state index in [4.69, 9.17) is 5.11 Å². The summed E-state index contributed by atoms with van der Waals surface area (Å²) in [5.41, 5.74) is 2.51. The molecule has 1 unspecified atom stereocenters. The van der Waals surface area contributed by atoms with Gasteiger partial charge in [-0.2, -0.15) is 0 Å². The van der Waals surface area contributed by atoms with E-state index in [-0.39, 0.29) is 6.04 Å². The Morgan fingerprint density at radius 1 is 1.29 bits per heavy atom. The number of anilines is 1. The van der Waals surface area contributed by atoms with Gasteiger partial charge in [0.25, 0.3) is 0 Å². The van der Waals surface area contributed by atoms with Crippen molar-refractivity contribution in [3.05, 3.63) is 53.8 Å². The summed E-state index contributed by atoms with van der Waals surface area (Å²) in [7, 11) is 0. The zero-order chi connectivity index (χ0) is 12.4. The molecule has 2 rings (SSSR count). The Kier molecular flexibility index (Phi) is 3.00. The van der Waals surface area contributed by atoms with E-state index in [0.29, 0.717) is 5.56 Å². The van der Waals surface area contributed by atoms with Gasteiger partial charge in [-0.15, -0.1) is 0 Å². The summed E-state index contributed by atoms with van der Waals surface area (Å²) in [5, 5.41) is 8.84. The highest BCUT2D eigenvalue weighted by Crippen LogP contribution is 2.23. The molecule has 0 fully saturated rings. The average molecular weight is 229 g/mol. The second-order valence-corrected chi connectivity index (χ2v) is 4.23. The molecule has 3 heteroatoms. The van der Waals surface area contributed by atoms with Crippen molar-refractivity contribution in [2.45, 2.75) is 19.9 Å². The molecular weight excluding hydrogens is 214 g/mol. The fourth-order valence-corrected chi connectivity index (χ4v) is 1.85. The van der Waals surface area contributed by atoms with E-state index in [1.54, 1.807) is 12.1 Å². The van der Waals surface area contributed by atoms with Crippen LogP contribution in [0.15, 0.2) is 48.2 Å². The van der Waals surface area contributed by atoms with Crippen LogP contribution in [0.3, 0.4) is 0 Å². The number of hydrogen-bond acceptors (Lipinski definition) is 2. The Bertz CT molecular complexity index is 485. The predicted octanol–water partition coefficient (Wildman–Crippen LogP) is 3.05. The molecule has 1 aromatic rings. The number of hydrogen-bond donors (Lipinski definition) is 1. The van der Waals surface area contributed by atoms with Gasteiger partial charge in [0.1, 0.15) is 0 Å². The second kappa shape index (κ2) is 4.45. The molecule has 0 amide bonds. The number of rotatable bonds is 2. The maximum atomic E-state index is 10.8. The number of allylic oxidation sites excluding steroid dienone is 2. The van der Waals surface area contributed by atoms with Crippen molar-refractivity contribution in [3.63, 3.8) is 0 Å². The summed E-state index contributed by atoms with van der Waals surface area (Å²) in [6, 6.07) is 7.22. The Balaban J connectivity index is 2.28. The molecule has 0 bridgehead atoms. The maximum absolute atomic E-state index is 10.8. The Morgan fingerprint density at radius 3 is 2.53 bits per heavy atom. The van der Waals surface area contributed by atoms with Crippen molar-refractivity contribution < 1.29 is 9.90 Å². The third kappa shape index (κ3) is 2.38. The minimum absolute atomic E-state index is 0.286. The summed E-state index contributed by atoms with van der Waals surface area (Å²) in [5.74, 6) is -0.894. The molecule has 0 saturated carbocycles. The van der Waals surface area contributed by atoms with Gasteiger partial charge in [-0.05, 0) is 43.7 Å². The van der Waals surface area contributed by atoms with Crippen molar-refractivity contribution in [1.29, 1.82) is 0 Å². The standard InChI is InChI=1S/C14H15NO2/c1-10-3-4-11(2)15(9-10)13-7-5-12(6-8-13)14(16)17/h3-9,11H,1-2H3,(H,16,17). The van der Waals surface area contributed by atoms with E-state index in [0.717, 1.165) is 5.69 Å². The molecule has 17 heavy (non-hydrogen) atoms. The van der Waals surface area contributed by atoms with Crippen LogP contribution in [0.25, 0.3) is 0 Å². The van der Waals surface area contributed by atoms with Gasteiger partial charge in [0.15, 0.2) is 0 Å². The first-order valence-corrected chi connectivity index (χ1v) is 5.56. The topological polar surface area (TPSA) is 40.5 Å². The van der Waals surface area contributed by atoms with Crippen molar-refractivity contribution >= 4 is 11.7 Å². The monoisotopic (exact) mass is 229 g/mol. The lowest BCUT2D eigenvalue weighted by atomic mass is 10.1. The number of carbonyl (C=O) groups is 1. The third-order valence-corrected chi connectivity index (χ3v) is 2.83. The summed E-state index contributed by atoms with van der Waals surface area (Å²) in [4.78, 5) is 12.9. The molecule has 0 aromatic heterocycles. The van der Waals surface area contributed by atoms with Crippen molar-refractivity contribution in [1.82, 2.24) is 0 Å². The first-order chi connectivity index (χ1) is 8.08. The van der Waals surface area contributed by atoms with Crippen LogP contribution in [0.2, 0.25) is 0 Å². The zero-order valence-corrected chi connectivity index (χ0v) is 9.92. The van der Waals surface area contributed by atoms with Gasteiger partial charge in [-0.3, -0.25) is 0 Å². The largest absolute Gasteiger partial charge is 0.478 e. The summed E-state index contributed by atoms with van der Waals surface area (Å²) < 4.78 is 0. The van der Waals surface area contributed by atoms with Crippen LogP contribution in [-0.2, 0) is 0 Å². The second-order valence-electron chi connectivity index (χ2n) is 4.23. The van der Waals surface area contributed by atoms with Crippen LogP contribution in [-0.4, -0.2) is 17.1 Å². The number of nitrogens with zero attached hydrogens (tertiary/aromatic N) is 1. The van der Waals surface area contributed by atoms with Crippen LogP contribution in [0.4, 0.5) is 5.69 Å². The lowest BCUT2D eigenvalue weighted by Crippen LogP contribution is -2.28. The Labute approximate surface area is 101 Å². The Hall–Kier alpha value is -2.03. The minimum atomic E-state index is -0.894. The van der Waals surface area contributed by atoms with Gasteiger partial charge in [0, 0.05) is 17.9 Å². The molecule has 0 radical (unpaired) electrons. The summed E-state index contributed by atoms with van der Waals surface area (Å²) >= 11 is 0. The molecule has 1 aromatic carbocycles.